The van der Waals surface area contributed by atoms with E-state index >= 15 is 0 Å². The zero-order valence-electron chi connectivity index (χ0n) is 14.9. The lowest BCUT2D eigenvalue weighted by molar-refractivity contribution is -0.152. The number of halogens is 1. The van der Waals surface area contributed by atoms with Gasteiger partial charge < -0.3 is 20.7 Å². The number of nitrogens with one attached hydrogen (secondary N) is 3. The monoisotopic (exact) mass is 407 g/mol. The van der Waals surface area contributed by atoms with E-state index in [-0.39, 0.29) is 12.5 Å². The minimum atomic E-state index is -1.12. The highest BCUT2D eigenvalue weighted by molar-refractivity contribution is 7.12. The third-order valence-corrected chi connectivity index (χ3v) is 4.24. The van der Waals surface area contributed by atoms with Crippen LogP contribution in [0.2, 0.25) is 0 Å². The standard InChI is InChI=1S/C18H18FN3O5S/c1-11(17(25)22-13-6-4-12(19)5-7-13)27-16(24)10-20-15(23)9-21-18(26)14-3-2-8-28-14/h2-8,11H,9-10H2,1H3,(H,20,23)(H,21,26)(H,22,25)/t11-/m1/s1. The van der Waals surface area contributed by atoms with Gasteiger partial charge in [0.05, 0.1) is 11.4 Å². The van der Waals surface area contributed by atoms with Gasteiger partial charge in [0, 0.05) is 5.69 Å². The van der Waals surface area contributed by atoms with Crippen LogP contribution in [0, 0.1) is 5.82 Å². The van der Waals surface area contributed by atoms with E-state index < -0.39 is 36.2 Å². The summed E-state index contributed by atoms with van der Waals surface area (Å²) in [4.78, 5) is 47.5. The normalized spacial score (nSPS) is 11.2. The quantitative estimate of drug-likeness (QED) is 0.571. The molecule has 0 radical (unpaired) electrons. The van der Waals surface area contributed by atoms with Crippen LogP contribution in [0.1, 0.15) is 16.6 Å². The van der Waals surface area contributed by atoms with Gasteiger partial charge in [0.15, 0.2) is 6.10 Å². The van der Waals surface area contributed by atoms with E-state index in [0.717, 1.165) is 0 Å². The van der Waals surface area contributed by atoms with E-state index in [0.29, 0.717) is 10.6 Å². The molecular formula is C18H18FN3O5S. The van der Waals surface area contributed by atoms with E-state index in [1.165, 1.54) is 42.5 Å². The van der Waals surface area contributed by atoms with Crippen molar-refractivity contribution in [2.75, 3.05) is 18.4 Å². The van der Waals surface area contributed by atoms with E-state index in [4.69, 9.17) is 4.74 Å². The molecule has 1 atom stereocenters. The largest absolute Gasteiger partial charge is 0.451 e. The van der Waals surface area contributed by atoms with Crippen LogP contribution in [0.3, 0.4) is 0 Å². The predicted octanol–water partition coefficient (Wildman–Crippen LogP) is 1.30. The molecule has 1 aromatic heterocycles. The number of carbonyl (C=O) groups is 4. The van der Waals surface area contributed by atoms with Gasteiger partial charge in [0.1, 0.15) is 12.4 Å². The Bertz CT molecular complexity index is 839. The smallest absolute Gasteiger partial charge is 0.326 e. The molecule has 8 nitrogen and oxygen atoms in total. The molecule has 3 amide bonds. The van der Waals surface area contributed by atoms with Gasteiger partial charge in [-0.2, -0.15) is 0 Å². The molecule has 1 heterocycles. The summed E-state index contributed by atoms with van der Waals surface area (Å²) in [5.41, 5.74) is 0.351. The average Bonchev–Trinajstić information content (AvgIpc) is 3.21. The Morgan fingerprint density at radius 2 is 1.79 bits per heavy atom. The Labute approximate surface area is 164 Å². The molecular weight excluding hydrogens is 389 g/mol. The summed E-state index contributed by atoms with van der Waals surface area (Å²) in [6.45, 7) is 0.603. The maximum Gasteiger partial charge on any atom is 0.326 e. The SMILES string of the molecule is C[C@@H](OC(=O)CNC(=O)CNC(=O)c1cccs1)C(=O)Nc1ccc(F)cc1. The topological polar surface area (TPSA) is 114 Å². The van der Waals surface area contributed by atoms with Crippen LogP contribution >= 0.6 is 11.3 Å². The van der Waals surface area contributed by atoms with Gasteiger partial charge in [-0.05, 0) is 42.6 Å². The fourth-order valence-corrected chi connectivity index (χ4v) is 2.60. The number of ether oxygens (including phenoxy) is 1. The van der Waals surface area contributed by atoms with Gasteiger partial charge in [-0.25, -0.2) is 4.39 Å². The molecule has 3 N–H and O–H groups in total. The van der Waals surface area contributed by atoms with E-state index in [1.807, 2.05) is 0 Å². The zero-order valence-corrected chi connectivity index (χ0v) is 15.7. The third kappa shape index (κ3) is 6.80. The van der Waals surface area contributed by atoms with Crippen LogP contribution in [-0.4, -0.2) is 42.9 Å². The predicted molar refractivity (Wildman–Crippen MR) is 100 cm³/mol. The van der Waals surface area contributed by atoms with E-state index in [1.54, 1.807) is 17.5 Å². The number of hydrogen-bond donors (Lipinski definition) is 3. The molecule has 28 heavy (non-hydrogen) atoms. The lowest BCUT2D eigenvalue weighted by Crippen LogP contribution is -2.40. The lowest BCUT2D eigenvalue weighted by Gasteiger charge is -2.14. The molecule has 148 valence electrons. The average molecular weight is 407 g/mol. The van der Waals surface area contributed by atoms with Crippen molar-refractivity contribution in [2.45, 2.75) is 13.0 Å². The number of amides is 3. The Morgan fingerprint density at radius 3 is 2.43 bits per heavy atom. The Morgan fingerprint density at radius 1 is 1.07 bits per heavy atom. The number of benzene rings is 1. The highest BCUT2D eigenvalue weighted by Crippen LogP contribution is 2.09. The zero-order chi connectivity index (χ0) is 20.5. The molecule has 1 aromatic carbocycles. The fourth-order valence-electron chi connectivity index (χ4n) is 1.96. The van der Waals surface area contributed by atoms with Crippen LogP contribution in [0.4, 0.5) is 10.1 Å². The number of hydrogen-bond acceptors (Lipinski definition) is 6. The van der Waals surface area contributed by atoms with Crippen molar-refractivity contribution in [3.05, 3.63) is 52.5 Å². The molecule has 0 saturated carbocycles. The lowest BCUT2D eigenvalue weighted by atomic mass is 10.3. The minimum absolute atomic E-state index is 0.301. The van der Waals surface area contributed by atoms with Crippen molar-refractivity contribution >= 4 is 40.7 Å². The summed E-state index contributed by atoms with van der Waals surface area (Å²) in [5.74, 6) is -2.84. The summed E-state index contributed by atoms with van der Waals surface area (Å²) in [6.07, 6.45) is -1.12. The number of anilines is 1. The molecule has 0 bridgehead atoms. The molecule has 0 aliphatic rings. The van der Waals surface area contributed by atoms with Crippen molar-refractivity contribution in [3.8, 4) is 0 Å². The van der Waals surface area contributed by atoms with Crippen molar-refractivity contribution in [1.82, 2.24) is 10.6 Å². The van der Waals surface area contributed by atoms with Crippen LogP contribution in [0.25, 0.3) is 0 Å². The molecule has 0 aliphatic heterocycles. The summed E-state index contributed by atoms with van der Waals surface area (Å²) in [7, 11) is 0. The second-order valence-corrected chi connectivity index (χ2v) is 6.51. The van der Waals surface area contributed by atoms with E-state index in [9.17, 15) is 23.6 Å². The maximum atomic E-state index is 12.8. The summed E-state index contributed by atoms with van der Waals surface area (Å²) in [5, 5.41) is 8.90. The molecule has 0 fully saturated rings. The second kappa shape index (κ2) is 10.2. The molecule has 2 rings (SSSR count). The van der Waals surface area contributed by atoms with Crippen molar-refractivity contribution < 1.29 is 28.3 Å². The first-order chi connectivity index (χ1) is 13.3. The van der Waals surface area contributed by atoms with Crippen molar-refractivity contribution in [2.24, 2.45) is 0 Å². The molecule has 0 unspecified atom stereocenters. The highest BCUT2D eigenvalue weighted by Gasteiger charge is 2.18. The van der Waals surface area contributed by atoms with Gasteiger partial charge in [-0.1, -0.05) is 6.07 Å². The van der Waals surface area contributed by atoms with E-state index in [2.05, 4.69) is 16.0 Å². The minimum Gasteiger partial charge on any atom is -0.451 e. The van der Waals surface area contributed by atoms with Crippen molar-refractivity contribution in [3.63, 3.8) is 0 Å². The number of carbonyl (C=O) groups excluding carboxylic acids is 4. The van der Waals surface area contributed by atoms with Crippen LogP contribution in [0.15, 0.2) is 41.8 Å². The first-order valence-electron chi connectivity index (χ1n) is 8.19. The maximum absolute atomic E-state index is 12.8. The number of rotatable bonds is 8. The van der Waals surface area contributed by atoms with Crippen LogP contribution < -0.4 is 16.0 Å². The van der Waals surface area contributed by atoms with Gasteiger partial charge >= 0.3 is 5.97 Å². The van der Waals surface area contributed by atoms with Gasteiger partial charge in [0.2, 0.25) is 5.91 Å². The molecule has 10 heteroatoms. The molecule has 0 saturated heterocycles. The van der Waals surface area contributed by atoms with Gasteiger partial charge in [-0.15, -0.1) is 11.3 Å². The molecule has 2 aromatic rings. The fraction of sp³-hybridized carbons (Fsp3) is 0.222. The Kier molecular flexibility index (Phi) is 7.64. The summed E-state index contributed by atoms with van der Waals surface area (Å²) < 4.78 is 17.8. The molecule has 0 aliphatic carbocycles. The Hall–Kier alpha value is -3.27. The number of esters is 1. The second-order valence-electron chi connectivity index (χ2n) is 5.56. The van der Waals surface area contributed by atoms with Crippen LogP contribution in [0.5, 0.6) is 0 Å². The van der Waals surface area contributed by atoms with Gasteiger partial charge in [-0.3, -0.25) is 19.2 Å². The summed E-state index contributed by atoms with van der Waals surface area (Å²) in [6, 6.07) is 8.42. The summed E-state index contributed by atoms with van der Waals surface area (Å²) >= 11 is 1.24. The first-order valence-corrected chi connectivity index (χ1v) is 9.07. The molecule has 0 spiro atoms. The van der Waals surface area contributed by atoms with Crippen LogP contribution in [-0.2, 0) is 19.1 Å². The highest BCUT2D eigenvalue weighted by atomic mass is 32.1. The first kappa shape index (κ1) is 21.0. The van der Waals surface area contributed by atoms with Crippen molar-refractivity contribution in [1.29, 1.82) is 0 Å². The number of thiophene rings is 1. The van der Waals surface area contributed by atoms with Gasteiger partial charge in [0.25, 0.3) is 11.8 Å². The third-order valence-electron chi connectivity index (χ3n) is 3.37. The Balaban J connectivity index is 1.67.